The first kappa shape index (κ1) is 21.8. The SMILES string of the molecule is Cc1ccc(CNC(=O)[C@@H]2C[C@]34CCN(CC5CC5)[C@H](Cc5ccc(C#N)cc53)[C@]4(O)C2)cc1. The molecule has 0 radical (unpaired) electrons. The molecule has 0 aromatic heterocycles. The van der Waals surface area contributed by atoms with Gasteiger partial charge in [-0.2, -0.15) is 5.26 Å². The largest absolute Gasteiger partial charge is 0.387 e. The summed E-state index contributed by atoms with van der Waals surface area (Å²) >= 11 is 0. The number of aryl methyl sites for hydroxylation is 1. The molecule has 5 heteroatoms. The fraction of sp³-hybridized carbons (Fsp3) is 0.517. The van der Waals surface area contributed by atoms with Crippen molar-refractivity contribution in [2.24, 2.45) is 11.8 Å². The molecule has 2 N–H and O–H groups in total. The monoisotopic (exact) mass is 455 g/mol. The Hall–Kier alpha value is -2.68. The molecule has 176 valence electrons. The minimum absolute atomic E-state index is 0.0372. The van der Waals surface area contributed by atoms with Crippen LogP contribution in [0.4, 0.5) is 0 Å². The summed E-state index contributed by atoms with van der Waals surface area (Å²) in [5.41, 5.74) is 3.90. The van der Waals surface area contributed by atoms with Crippen LogP contribution in [0.2, 0.25) is 0 Å². The molecular weight excluding hydrogens is 422 g/mol. The Bertz CT molecular complexity index is 1160. The van der Waals surface area contributed by atoms with Crippen LogP contribution in [0.15, 0.2) is 42.5 Å². The second kappa shape index (κ2) is 7.93. The molecule has 4 aliphatic rings. The molecule has 34 heavy (non-hydrogen) atoms. The lowest BCUT2D eigenvalue weighted by molar-refractivity contribution is -0.134. The number of nitrogens with one attached hydrogen (secondary N) is 1. The van der Waals surface area contributed by atoms with Gasteiger partial charge in [-0.15, -0.1) is 0 Å². The normalized spacial score (nSPS) is 31.9. The van der Waals surface area contributed by atoms with Crippen LogP contribution in [0.5, 0.6) is 0 Å². The van der Waals surface area contributed by atoms with Gasteiger partial charge in [-0.1, -0.05) is 35.9 Å². The van der Waals surface area contributed by atoms with Gasteiger partial charge < -0.3 is 10.4 Å². The number of fused-ring (bicyclic) bond motifs is 1. The first-order valence-electron chi connectivity index (χ1n) is 12.7. The molecule has 1 heterocycles. The lowest BCUT2D eigenvalue weighted by Gasteiger charge is -2.59. The summed E-state index contributed by atoms with van der Waals surface area (Å²) in [6.07, 6.45) is 5.37. The van der Waals surface area contributed by atoms with E-state index in [-0.39, 0.29) is 17.9 Å². The van der Waals surface area contributed by atoms with E-state index < -0.39 is 11.0 Å². The van der Waals surface area contributed by atoms with Crippen molar-refractivity contribution in [3.05, 3.63) is 70.3 Å². The van der Waals surface area contributed by atoms with Crippen LogP contribution in [0.3, 0.4) is 0 Å². The highest BCUT2D eigenvalue weighted by Gasteiger charge is 2.68. The highest BCUT2D eigenvalue weighted by molar-refractivity contribution is 5.80. The molecule has 2 saturated carbocycles. The third kappa shape index (κ3) is 3.39. The van der Waals surface area contributed by atoms with Crippen LogP contribution < -0.4 is 5.32 Å². The van der Waals surface area contributed by atoms with E-state index in [1.54, 1.807) is 0 Å². The smallest absolute Gasteiger partial charge is 0.223 e. The van der Waals surface area contributed by atoms with Gasteiger partial charge in [0.2, 0.25) is 5.91 Å². The number of benzene rings is 2. The molecule has 1 saturated heterocycles. The number of nitrogens with zero attached hydrogens (tertiary/aromatic N) is 2. The third-order valence-corrected chi connectivity index (χ3v) is 9.11. The molecule has 0 unspecified atom stereocenters. The van der Waals surface area contributed by atoms with Gasteiger partial charge in [0.05, 0.1) is 17.2 Å². The van der Waals surface area contributed by atoms with Crippen LogP contribution in [-0.4, -0.2) is 40.6 Å². The summed E-state index contributed by atoms with van der Waals surface area (Å²) in [6.45, 7) is 4.58. The number of piperidine rings is 1. The van der Waals surface area contributed by atoms with Crippen LogP contribution >= 0.6 is 0 Å². The van der Waals surface area contributed by atoms with Crippen molar-refractivity contribution in [3.63, 3.8) is 0 Å². The summed E-state index contributed by atoms with van der Waals surface area (Å²) in [5, 5.41) is 25.1. The zero-order valence-corrected chi connectivity index (χ0v) is 19.9. The number of rotatable bonds is 5. The Labute approximate surface area is 201 Å². The summed E-state index contributed by atoms with van der Waals surface area (Å²) in [4.78, 5) is 15.9. The van der Waals surface area contributed by atoms with Crippen LogP contribution in [0, 0.1) is 30.1 Å². The van der Waals surface area contributed by atoms with E-state index in [1.807, 2.05) is 12.1 Å². The Balaban J connectivity index is 1.31. The number of hydrogen-bond acceptors (Lipinski definition) is 4. The Morgan fingerprint density at radius 1 is 1.21 bits per heavy atom. The maximum Gasteiger partial charge on any atom is 0.223 e. The van der Waals surface area contributed by atoms with Crippen molar-refractivity contribution < 1.29 is 9.90 Å². The molecule has 2 aromatic carbocycles. The van der Waals surface area contributed by atoms with Crippen molar-refractivity contribution in [1.82, 2.24) is 10.2 Å². The van der Waals surface area contributed by atoms with E-state index in [0.717, 1.165) is 43.0 Å². The van der Waals surface area contributed by atoms with Gasteiger partial charge in [-0.3, -0.25) is 9.69 Å². The molecule has 3 aliphatic carbocycles. The Morgan fingerprint density at radius 3 is 2.74 bits per heavy atom. The lowest BCUT2D eigenvalue weighted by atomic mass is 9.56. The minimum atomic E-state index is -0.937. The minimum Gasteiger partial charge on any atom is -0.387 e. The number of carbonyl (C=O) groups excluding carboxylic acids is 1. The Kier molecular flexibility index (Phi) is 5.09. The molecule has 2 bridgehead atoms. The Morgan fingerprint density at radius 2 is 2.00 bits per heavy atom. The van der Waals surface area contributed by atoms with E-state index in [1.165, 1.54) is 24.0 Å². The van der Waals surface area contributed by atoms with Crippen molar-refractivity contribution in [3.8, 4) is 6.07 Å². The number of nitriles is 1. The number of aliphatic hydroxyl groups is 1. The average Bonchev–Trinajstić information content (AvgIpc) is 3.59. The summed E-state index contributed by atoms with van der Waals surface area (Å²) in [6, 6.07) is 16.6. The van der Waals surface area contributed by atoms with Gasteiger partial charge in [0.1, 0.15) is 0 Å². The molecular formula is C29H33N3O2. The van der Waals surface area contributed by atoms with Gasteiger partial charge in [-0.05, 0) is 86.7 Å². The number of amides is 1. The second-order valence-corrected chi connectivity index (χ2v) is 11.2. The zero-order chi connectivity index (χ0) is 23.5. The molecule has 2 aromatic rings. The zero-order valence-electron chi connectivity index (χ0n) is 19.9. The van der Waals surface area contributed by atoms with Gasteiger partial charge in [-0.25, -0.2) is 0 Å². The second-order valence-electron chi connectivity index (χ2n) is 11.2. The fourth-order valence-electron chi connectivity index (χ4n) is 7.14. The molecule has 0 spiro atoms. The average molecular weight is 456 g/mol. The van der Waals surface area contributed by atoms with Gasteiger partial charge in [0.15, 0.2) is 0 Å². The topological polar surface area (TPSA) is 76.4 Å². The van der Waals surface area contributed by atoms with Crippen molar-refractivity contribution in [1.29, 1.82) is 5.26 Å². The van der Waals surface area contributed by atoms with E-state index in [4.69, 9.17) is 0 Å². The molecule has 3 fully saturated rings. The molecule has 6 rings (SSSR count). The van der Waals surface area contributed by atoms with E-state index >= 15 is 0 Å². The van der Waals surface area contributed by atoms with Crippen LogP contribution in [0.25, 0.3) is 0 Å². The molecule has 5 nitrogen and oxygen atoms in total. The van der Waals surface area contributed by atoms with Gasteiger partial charge >= 0.3 is 0 Å². The van der Waals surface area contributed by atoms with Gasteiger partial charge in [0.25, 0.3) is 0 Å². The van der Waals surface area contributed by atoms with Crippen molar-refractivity contribution in [2.75, 3.05) is 13.1 Å². The number of carbonyl (C=O) groups is 1. The van der Waals surface area contributed by atoms with E-state index in [0.29, 0.717) is 24.9 Å². The highest BCUT2D eigenvalue weighted by Crippen LogP contribution is 2.61. The summed E-state index contributed by atoms with van der Waals surface area (Å²) in [5.74, 6) is 0.569. The molecule has 1 aliphatic heterocycles. The van der Waals surface area contributed by atoms with Crippen LogP contribution in [-0.2, 0) is 23.2 Å². The maximum absolute atomic E-state index is 13.4. The van der Waals surface area contributed by atoms with Crippen molar-refractivity contribution in [2.45, 2.75) is 69.1 Å². The number of likely N-dealkylation sites (tertiary alicyclic amines) is 1. The lowest BCUT2D eigenvalue weighted by Crippen LogP contribution is -2.69. The third-order valence-electron chi connectivity index (χ3n) is 9.11. The summed E-state index contributed by atoms with van der Waals surface area (Å²) in [7, 11) is 0. The van der Waals surface area contributed by atoms with E-state index in [9.17, 15) is 15.2 Å². The van der Waals surface area contributed by atoms with E-state index in [2.05, 4.69) is 53.5 Å². The highest BCUT2D eigenvalue weighted by atomic mass is 16.3. The predicted octanol–water partition coefficient (Wildman–Crippen LogP) is 3.60. The van der Waals surface area contributed by atoms with Gasteiger partial charge in [0, 0.05) is 30.5 Å². The van der Waals surface area contributed by atoms with Crippen LogP contribution in [0.1, 0.15) is 59.9 Å². The quantitative estimate of drug-likeness (QED) is 0.722. The van der Waals surface area contributed by atoms with Crippen molar-refractivity contribution >= 4 is 5.91 Å². The first-order chi connectivity index (χ1) is 16.4. The predicted molar refractivity (Wildman–Crippen MR) is 130 cm³/mol. The fourth-order valence-corrected chi connectivity index (χ4v) is 7.14. The number of hydrogen-bond donors (Lipinski definition) is 2. The summed E-state index contributed by atoms with van der Waals surface area (Å²) < 4.78 is 0. The molecule has 1 amide bonds. The maximum atomic E-state index is 13.4. The standard InChI is InChI=1S/C29H33N3O2/c1-19-2-4-20(5-3-19)17-31-27(33)24-14-28-10-11-32(18-21-6-7-21)26(29(28,34)15-24)13-23-9-8-22(16-30)12-25(23)28/h2-5,8-9,12,21,24,26,34H,6-7,10-11,13-15,17-18H2,1H3,(H,31,33)/t24-,26-,28-,29-/m1/s1. The first-order valence-corrected chi connectivity index (χ1v) is 12.7. The molecule has 4 atom stereocenters.